The highest BCUT2D eigenvalue weighted by molar-refractivity contribution is 9.09. The van der Waals surface area contributed by atoms with Crippen molar-refractivity contribution in [1.29, 1.82) is 0 Å². The number of rotatable bonds is 5. The Hall–Kier alpha value is -2.31. The maximum Gasteiger partial charge on any atom is 0.302 e. The number of aromatic nitrogens is 4. The maximum absolute atomic E-state index is 11.3. The largest absolute Gasteiger partial charge is 0.463 e. The number of ether oxygens (including phenoxy) is 3. The van der Waals surface area contributed by atoms with Gasteiger partial charge in [0.1, 0.15) is 31.2 Å². The van der Waals surface area contributed by atoms with Gasteiger partial charge in [-0.2, -0.15) is 0 Å². The van der Waals surface area contributed by atoms with Crippen molar-refractivity contribution in [2.45, 2.75) is 36.6 Å². The van der Waals surface area contributed by atoms with Crippen LogP contribution in [0.4, 0.5) is 5.82 Å². The molecule has 0 unspecified atom stereocenters. The average Bonchev–Trinajstić information content (AvgIpc) is 3.14. The molecule has 0 aromatic carbocycles. The Morgan fingerprint density at radius 2 is 1.93 bits per heavy atom. The van der Waals surface area contributed by atoms with Gasteiger partial charge in [0, 0.05) is 13.8 Å². The Morgan fingerprint density at radius 3 is 2.52 bits per heavy atom. The van der Waals surface area contributed by atoms with Crippen LogP contribution in [0.3, 0.4) is 0 Å². The number of nitrogen functional groups attached to an aromatic ring is 1. The van der Waals surface area contributed by atoms with E-state index < -0.39 is 34.7 Å². The Morgan fingerprint density at radius 1 is 1.30 bits per heavy atom. The highest BCUT2D eigenvalue weighted by Gasteiger charge is 2.56. The second kappa shape index (κ2) is 7.37. The van der Waals surface area contributed by atoms with Crippen molar-refractivity contribution in [3.63, 3.8) is 0 Å². The lowest BCUT2D eigenvalue weighted by Gasteiger charge is -2.30. The summed E-state index contributed by atoms with van der Waals surface area (Å²) in [6, 6.07) is 0. The van der Waals surface area contributed by atoms with Crippen LogP contribution in [0.2, 0.25) is 0 Å². The van der Waals surface area contributed by atoms with E-state index in [0.29, 0.717) is 11.2 Å². The molecule has 2 aromatic rings. The van der Waals surface area contributed by atoms with E-state index in [2.05, 4.69) is 30.9 Å². The third-order valence-electron chi connectivity index (χ3n) is 4.17. The van der Waals surface area contributed by atoms with E-state index in [0.717, 1.165) is 0 Å². The summed E-state index contributed by atoms with van der Waals surface area (Å²) in [5, 5.41) is 10.8. The van der Waals surface area contributed by atoms with Gasteiger partial charge in [0.25, 0.3) is 0 Å². The number of nitrogens with two attached hydrogens (primary N) is 1. The molecule has 0 amide bonds. The van der Waals surface area contributed by atoms with Crippen LogP contribution in [0, 0.1) is 0 Å². The summed E-state index contributed by atoms with van der Waals surface area (Å²) >= 11 is 3.41. The second-order valence-corrected chi connectivity index (χ2v) is 7.16. The normalized spacial score (nSPS) is 24.1. The molecule has 3 rings (SSSR count). The van der Waals surface area contributed by atoms with Crippen LogP contribution in [-0.4, -0.2) is 66.3 Å². The number of carbonyl (C=O) groups is 2. The standard InChI is InChI=1S/C15H18BrN5O6/c1-7(22)25-3-15(4-26-8(2)23)11(24)9(16)14(27-15)21-6-20-10-12(17)18-5-19-13(10)21/h5-6,9,11,14,24H,3-4H2,1-2H3,(H2,17,18,19)/t9-,11-,14+/m0/s1. The van der Waals surface area contributed by atoms with Crippen molar-refractivity contribution in [2.75, 3.05) is 18.9 Å². The number of fused-ring (bicyclic) bond motifs is 1. The molecule has 3 atom stereocenters. The van der Waals surface area contributed by atoms with E-state index in [1.807, 2.05) is 0 Å². The minimum absolute atomic E-state index is 0.203. The van der Waals surface area contributed by atoms with Crippen molar-refractivity contribution in [2.24, 2.45) is 0 Å². The van der Waals surface area contributed by atoms with Crippen LogP contribution in [-0.2, 0) is 23.8 Å². The van der Waals surface area contributed by atoms with E-state index >= 15 is 0 Å². The lowest BCUT2D eigenvalue weighted by atomic mass is 9.98. The monoisotopic (exact) mass is 443 g/mol. The molecule has 0 radical (unpaired) electrons. The van der Waals surface area contributed by atoms with E-state index in [9.17, 15) is 14.7 Å². The van der Waals surface area contributed by atoms with Gasteiger partial charge in [0.2, 0.25) is 0 Å². The first-order valence-electron chi connectivity index (χ1n) is 7.95. The quantitative estimate of drug-likeness (QED) is 0.473. The zero-order valence-corrected chi connectivity index (χ0v) is 16.1. The Labute approximate surface area is 162 Å². The fourth-order valence-corrected chi connectivity index (χ4v) is 3.66. The molecule has 1 saturated heterocycles. The number of hydrogen-bond donors (Lipinski definition) is 2. The SMILES string of the molecule is CC(=O)OCC1(COC(C)=O)O[C@@H](n2cnc3c(N)ncnc32)[C@@H](Br)[C@@H]1O. The molecule has 0 bridgehead atoms. The first-order valence-corrected chi connectivity index (χ1v) is 8.86. The molecule has 2 aromatic heterocycles. The summed E-state index contributed by atoms with van der Waals surface area (Å²) in [4.78, 5) is 34.1. The number of nitrogens with zero attached hydrogens (tertiary/aromatic N) is 4. The Bertz CT molecular complexity index is 855. The van der Waals surface area contributed by atoms with Crippen molar-refractivity contribution in [3.05, 3.63) is 12.7 Å². The summed E-state index contributed by atoms with van der Waals surface area (Å²) in [5.41, 5.74) is 5.12. The molecular formula is C15H18BrN5O6. The predicted octanol–water partition coefficient (Wildman–Crippen LogP) is -0.0733. The van der Waals surface area contributed by atoms with Crippen molar-refractivity contribution in [1.82, 2.24) is 19.5 Å². The van der Waals surface area contributed by atoms with Gasteiger partial charge in [0.05, 0.1) is 11.2 Å². The van der Waals surface area contributed by atoms with Gasteiger partial charge in [-0.1, -0.05) is 15.9 Å². The molecule has 0 spiro atoms. The van der Waals surface area contributed by atoms with Gasteiger partial charge >= 0.3 is 11.9 Å². The molecular weight excluding hydrogens is 426 g/mol. The number of carbonyl (C=O) groups excluding carboxylic acids is 2. The third kappa shape index (κ3) is 3.59. The summed E-state index contributed by atoms with van der Waals surface area (Å²) < 4.78 is 17.7. The highest BCUT2D eigenvalue weighted by Crippen LogP contribution is 2.42. The molecule has 12 heteroatoms. The van der Waals surface area contributed by atoms with Crippen LogP contribution in [0.5, 0.6) is 0 Å². The highest BCUT2D eigenvalue weighted by atomic mass is 79.9. The van der Waals surface area contributed by atoms with Gasteiger partial charge in [-0.25, -0.2) is 15.0 Å². The summed E-state index contributed by atoms with van der Waals surface area (Å²) in [5.74, 6) is -0.915. The first-order chi connectivity index (χ1) is 12.7. The van der Waals surface area contributed by atoms with Gasteiger partial charge in [0.15, 0.2) is 23.3 Å². The predicted molar refractivity (Wildman–Crippen MR) is 94.6 cm³/mol. The van der Waals surface area contributed by atoms with Crippen LogP contribution < -0.4 is 5.73 Å². The topological polar surface area (TPSA) is 152 Å². The number of imidazole rings is 1. The van der Waals surface area contributed by atoms with Crippen LogP contribution in [0.1, 0.15) is 20.1 Å². The van der Waals surface area contributed by atoms with E-state index in [1.54, 1.807) is 4.57 Å². The van der Waals surface area contributed by atoms with Gasteiger partial charge in [-0.3, -0.25) is 14.2 Å². The van der Waals surface area contributed by atoms with Crippen molar-refractivity contribution in [3.8, 4) is 0 Å². The van der Waals surface area contributed by atoms with Crippen LogP contribution in [0.15, 0.2) is 12.7 Å². The van der Waals surface area contributed by atoms with Crippen LogP contribution in [0.25, 0.3) is 11.2 Å². The number of anilines is 1. The molecule has 0 saturated carbocycles. The lowest BCUT2D eigenvalue weighted by Crippen LogP contribution is -2.50. The summed E-state index contributed by atoms with van der Waals surface area (Å²) in [6.07, 6.45) is 0.785. The zero-order valence-electron chi connectivity index (χ0n) is 14.5. The molecule has 1 aliphatic rings. The first kappa shape index (κ1) is 19.5. The number of alkyl halides is 1. The van der Waals surface area contributed by atoms with E-state index in [1.165, 1.54) is 26.5 Å². The summed E-state index contributed by atoms with van der Waals surface area (Å²) in [7, 11) is 0. The Kier molecular flexibility index (Phi) is 5.31. The number of aliphatic hydroxyl groups excluding tert-OH is 1. The molecule has 1 fully saturated rings. The molecule has 146 valence electrons. The number of esters is 2. The van der Waals surface area contributed by atoms with E-state index in [-0.39, 0.29) is 19.0 Å². The fraction of sp³-hybridized carbons (Fsp3) is 0.533. The maximum atomic E-state index is 11.3. The molecule has 1 aliphatic heterocycles. The van der Waals surface area contributed by atoms with Crippen molar-refractivity contribution < 1.29 is 28.9 Å². The van der Waals surface area contributed by atoms with Gasteiger partial charge in [-0.15, -0.1) is 0 Å². The van der Waals surface area contributed by atoms with E-state index in [4.69, 9.17) is 19.9 Å². The van der Waals surface area contributed by atoms with Crippen molar-refractivity contribution >= 4 is 44.9 Å². The molecule has 3 N–H and O–H groups in total. The minimum Gasteiger partial charge on any atom is -0.463 e. The zero-order chi connectivity index (χ0) is 19.8. The molecule has 11 nitrogen and oxygen atoms in total. The smallest absolute Gasteiger partial charge is 0.302 e. The molecule has 0 aliphatic carbocycles. The summed E-state index contributed by atoms with van der Waals surface area (Å²) in [6.45, 7) is 1.85. The van der Waals surface area contributed by atoms with Gasteiger partial charge < -0.3 is 25.1 Å². The minimum atomic E-state index is -1.47. The average molecular weight is 444 g/mol. The second-order valence-electron chi connectivity index (χ2n) is 6.11. The number of hydrogen-bond acceptors (Lipinski definition) is 10. The molecule has 3 heterocycles. The third-order valence-corrected chi connectivity index (χ3v) is 5.12. The number of halogens is 1. The van der Waals surface area contributed by atoms with Gasteiger partial charge in [-0.05, 0) is 0 Å². The lowest BCUT2D eigenvalue weighted by molar-refractivity contribution is -0.183. The fourth-order valence-electron chi connectivity index (χ4n) is 2.82. The Balaban J connectivity index is 1.96. The molecule has 27 heavy (non-hydrogen) atoms. The number of aliphatic hydroxyl groups is 1. The van der Waals surface area contributed by atoms with Crippen LogP contribution >= 0.6 is 15.9 Å².